The Morgan fingerprint density at radius 3 is 2.76 bits per heavy atom. The number of carbonyl (C=O) groups is 1. The molecule has 0 aromatic carbocycles. The van der Waals surface area contributed by atoms with Crippen molar-refractivity contribution in [2.75, 3.05) is 26.2 Å². The molecule has 5 nitrogen and oxygen atoms in total. The summed E-state index contributed by atoms with van der Waals surface area (Å²) in [4.78, 5) is 24.9. The van der Waals surface area contributed by atoms with Gasteiger partial charge in [0.1, 0.15) is 12.4 Å². The first-order valence-corrected chi connectivity index (χ1v) is 5.51. The van der Waals surface area contributed by atoms with Gasteiger partial charge in [-0.2, -0.15) is 0 Å². The maximum absolute atomic E-state index is 12.9. The zero-order valence-electron chi connectivity index (χ0n) is 9.36. The molecule has 1 fully saturated rings. The van der Waals surface area contributed by atoms with E-state index in [9.17, 15) is 14.0 Å². The average molecular weight is 239 g/mol. The fourth-order valence-electron chi connectivity index (χ4n) is 1.79. The van der Waals surface area contributed by atoms with E-state index in [1.54, 1.807) is 4.90 Å². The van der Waals surface area contributed by atoms with Crippen LogP contribution in [-0.2, 0) is 11.3 Å². The van der Waals surface area contributed by atoms with Crippen LogP contribution in [0.2, 0.25) is 0 Å². The topological polar surface area (TPSA) is 54.3 Å². The SMILES string of the molecule is O=C(Cn1cc(F)ccc1=O)N1CCNCC1. The monoisotopic (exact) mass is 239 g/mol. The van der Waals surface area contributed by atoms with Crippen molar-refractivity contribution in [3.05, 3.63) is 34.5 Å². The van der Waals surface area contributed by atoms with Gasteiger partial charge < -0.3 is 14.8 Å². The number of pyridine rings is 1. The summed E-state index contributed by atoms with van der Waals surface area (Å²) in [5, 5.41) is 3.13. The molecule has 1 amide bonds. The Labute approximate surface area is 97.8 Å². The number of amides is 1. The summed E-state index contributed by atoms with van der Waals surface area (Å²) in [5.41, 5.74) is -0.366. The van der Waals surface area contributed by atoms with Crippen molar-refractivity contribution in [2.24, 2.45) is 0 Å². The molecule has 2 heterocycles. The van der Waals surface area contributed by atoms with Gasteiger partial charge in [0, 0.05) is 38.4 Å². The Morgan fingerprint density at radius 2 is 2.06 bits per heavy atom. The van der Waals surface area contributed by atoms with E-state index in [1.165, 1.54) is 0 Å². The van der Waals surface area contributed by atoms with Gasteiger partial charge in [0.25, 0.3) is 5.56 Å². The van der Waals surface area contributed by atoms with Crippen LogP contribution < -0.4 is 10.9 Å². The molecule has 1 aliphatic rings. The van der Waals surface area contributed by atoms with E-state index in [2.05, 4.69) is 5.32 Å². The van der Waals surface area contributed by atoms with E-state index in [0.29, 0.717) is 13.1 Å². The number of hydrogen-bond acceptors (Lipinski definition) is 3. The maximum atomic E-state index is 12.9. The highest BCUT2D eigenvalue weighted by Crippen LogP contribution is 1.97. The van der Waals surface area contributed by atoms with Crippen molar-refractivity contribution in [1.82, 2.24) is 14.8 Å². The molecule has 0 aliphatic carbocycles. The number of nitrogens with one attached hydrogen (secondary N) is 1. The fourth-order valence-corrected chi connectivity index (χ4v) is 1.79. The summed E-state index contributed by atoms with van der Waals surface area (Å²) < 4.78 is 14.0. The molecule has 0 spiro atoms. The standard InChI is InChI=1S/C11H14FN3O2/c12-9-1-2-10(16)15(7-9)8-11(17)14-5-3-13-4-6-14/h1-2,7,13H,3-6,8H2. The minimum Gasteiger partial charge on any atom is -0.339 e. The predicted molar refractivity (Wildman–Crippen MR) is 60.1 cm³/mol. The molecule has 92 valence electrons. The van der Waals surface area contributed by atoms with Gasteiger partial charge in [-0.15, -0.1) is 0 Å². The molecule has 1 N–H and O–H groups in total. The highest BCUT2D eigenvalue weighted by atomic mass is 19.1. The second kappa shape index (κ2) is 5.09. The number of aromatic nitrogens is 1. The summed E-state index contributed by atoms with van der Waals surface area (Å²) in [7, 11) is 0. The smallest absolute Gasteiger partial charge is 0.251 e. The van der Waals surface area contributed by atoms with Crippen molar-refractivity contribution < 1.29 is 9.18 Å². The second-order valence-corrected chi connectivity index (χ2v) is 3.94. The van der Waals surface area contributed by atoms with Crippen molar-refractivity contribution >= 4 is 5.91 Å². The molecule has 1 saturated heterocycles. The number of hydrogen-bond donors (Lipinski definition) is 1. The molecule has 0 atom stereocenters. The normalized spacial score (nSPS) is 15.9. The Kier molecular flexibility index (Phi) is 3.53. The van der Waals surface area contributed by atoms with Gasteiger partial charge in [0.05, 0.1) is 0 Å². The van der Waals surface area contributed by atoms with Crippen LogP contribution in [0.5, 0.6) is 0 Å². The zero-order chi connectivity index (χ0) is 12.3. The van der Waals surface area contributed by atoms with Crippen LogP contribution in [0, 0.1) is 5.82 Å². The molecule has 17 heavy (non-hydrogen) atoms. The zero-order valence-corrected chi connectivity index (χ0v) is 9.36. The number of nitrogens with zero attached hydrogens (tertiary/aromatic N) is 2. The predicted octanol–water partition coefficient (Wildman–Crippen LogP) is -0.581. The molecule has 0 unspecified atom stereocenters. The third kappa shape index (κ3) is 2.91. The van der Waals surface area contributed by atoms with Crippen LogP contribution in [0.1, 0.15) is 0 Å². The molecule has 1 aliphatic heterocycles. The molecule has 0 saturated carbocycles. The molecule has 1 aromatic heterocycles. The molecule has 0 bridgehead atoms. The van der Waals surface area contributed by atoms with Gasteiger partial charge in [0.2, 0.25) is 5.91 Å². The van der Waals surface area contributed by atoms with E-state index in [0.717, 1.165) is 36.0 Å². The molecule has 0 radical (unpaired) electrons. The number of rotatable bonds is 2. The van der Waals surface area contributed by atoms with Gasteiger partial charge in [-0.05, 0) is 6.07 Å². The highest BCUT2D eigenvalue weighted by molar-refractivity contribution is 5.76. The van der Waals surface area contributed by atoms with Crippen LogP contribution >= 0.6 is 0 Å². The van der Waals surface area contributed by atoms with Crippen LogP contribution in [0.3, 0.4) is 0 Å². The highest BCUT2D eigenvalue weighted by Gasteiger charge is 2.16. The maximum Gasteiger partial charge on any atom is 0.251 e. The summed E-state index contributed by atoms with van der Waals surface area (Å²) in [6, 6.07) is 2.22. The number of carbonyl (C=O) groups excluding carboxylic acids is 1. The van der Waals surface area contributed by atoms with Crippen LogP contribution in [0.4, 0.5) is 4.39 Å². The minimum absolute atomic E-state index is 0.101. The second-order valence-electron chi connectivity index (χ2n) is 3.94. The van der Waals surface area contributed by atoms with Crippen LogP contribution in [0.15, 0.2) is 23.1 Å². The lowest BCUT2D eigenvalue weighted by Crippen LogP contribution is -2.48. The Balaban J connectivity index is 2.07. The summed E-state index contributed by atoms with van der Waals surface area (Å²) >= 11 is 0. The third-order valence-electron chi connectivity index (χ3n) is 2.72. The molecule has 6 heteroatoms. The number of halogens is 1. The first-order chi connectivity index (χ1) is 8.16. The lowest BCUT2D eigenvalue weighted by Gasteiger charge is -2.27. The quantitative estimate of drug-likeness (QED) is 0.751. The van der Waals surface area contributed by atoms with Gasteiger partial charge in [0.15, 0.2) is 0 Å². The van der Waals surface area contributed by atoms with E-state index in [4.69, 9.17) is 0 Å². The summed E-state index contributed by atoms with van der Waals surface area (Å²) in [6.07, 6.45) is 1.06. The van der Waals surface area contributed by atoms with Gasteiger partial charge in [-0.3, -0.25) is 9.59 Å². The largest absolute Gasteiger partial charge is 0.339 e. The van der Waals surface area contributed by atoms with Crippen molar-refractivity contribution in [3.63, 3.8) is 0 Å². The van der Waals surface area contributed by atoms with Gasteiger partial charge in [-0.25, -0.2) is 4.39 Å². The average Bonchev–Trinajstić information content (AvgIpc) is 2.35. The summed E-state index contributed by atoms with van der Waals surface area (Å²) in [6.45, 7) is 2.66. The van der Waals surface area contributed by atoms with E-state index >= 15 is 0 Å². The van der Waals surface area contributed by atoms with E-state index in [1.807, 2.05) is 0 Å². The summed E-state index contributed by atoms with van der Waals surface area (Å²) in [5.74, 6) is -0.670. The molecular weight excluding hydrogens is 225 g/mol. The van der Waals surface area contributed by atoms with E-state index < -0.39 is 5.82 Å². The first-order valence-electron chi connectivity index (χ1n) is 5.51. The van der Waals surface area contributed by atoms with Crippen molar-refractivity contribution in [3.8, 4) is 0 Å². The van der Waals surface area contributed by atoms with E-state index in [-0.39, 0.29) is 18.0 Å². The van der Waals surface area contributed by atoms with Gasteiger partial charge >= 0.3 is 0 Å². The minimum atomic E-state index is -0.516. The Hall–Kier alpha value is -1.69. The van der Waals surface area contributed by atoms with Crippen LogP contribution in [0.25, 0.3) is 0 Å². The van der Waals surface area contributed by atoms with Crippen LogP contribution in [-0.4, -0.2) is 41.6 Å². The first kappa shape index (κ1) is 11.8. The molecular formula is C11H14FN3O2. The lowest BCUT2D eigenvalue weighted by atomic mass is 10.3. The van der Waals surface area contributed by atoms with Gasteiger partial charge in [-0.1, -0.05) is 0 Å². The molecule has 2 rings (SSSR count). The Morgan fingerprint density at radius 1 is 1.35 bits per heavy atom. The fraction of sp³-hybridized carbons (Fsp3) is 0.455. The Bertz CT molecular complexity index is 466. The number of piperazine rings is 1. The van der Waals surface area contributed by atoms with Crippen molar-refractivity contribution in [2.45, 2.75) is 6.54 Å². The third-order valence-corrected chi connectivity index (χ3v) is 2.72. The van der Waals surface area contributed by atoms with Crippen molar-refractivity contribution in [1.29, 1.82) is 0 Å². The lowest BCUT2D eigenvalue weighted by molar-refractivity contribution is -0.132. The molecule has 1 aromatic rings.